The second-order valence-corrected chi connectivity index (χ2v) is 3.41. The summed E-state index contributed by atoms with van der Waals surface area (Å²) in [6.07, 6.45) is 12.2. The maximum atomic E-state index is 11.7. The van der Waals surface area contributed by atoms with Crippen LogP contribution >= 0.6 is 0 Å². The van der Waals surface area contributed by atoms with Crippen molar-refractivity contribution in [3.8, 4) is 0 Å². The lowest BCUT2D eigenvalue weighted by molar-refractivity contribution is -0.138. The minimum Gasteiger partial charge on any atom is -0.480 e. The van der Waals surface area contributed by atoms with Crippen LogP contribution in [0.4, 0.5) is 0 Å². The van der Waals surface area contributed by atoms with Crippen LogP contribution in [-0.2, 0) is 9.59 Å². The van der Waals surface area contributed by atoms with E-state index >= 15 is 0 Å². The van der Waals surface area contributed by atoms with Crippen molar-refractivity contribution >= 4 is 11.9 Å². The van der Waals surface area contributed by atoms with E-state index in [1.165, 1.54) is 0 Å². The van der Waals surface area contributed by atoms with Crippen LogP contribution in [0.2, 0.25) is 0 Å². The van der Waals surface area contributed by atoms with Gasteiger partial charge in [0.2, 0.25) is 0 Å². The second-order valence-electron chi connectivity index (χ2n) is 3.41. The van der Waals surface area contributed by atoms with Crippen LogP contribution in [0.25, 0.3) is 0 Å². The highest BCUT2D eigenvalue weighted by molar-refractivity contribution is 5.96. The molecule has 1 amide bonds. The average molecular weight is 234 g/mol. The van der Waals surface area contributed by atoms with Gasteiger partial charge in [-0.25, -0.2) is 0 Å². The molecule has 90 valence electrons. The maximum Gasteiger partial charge on any atom is 0.322 e. The van der Waals surface area contributed by atoms with Crippen molar-refractivity contribution in [3.05, 3.63) is 48.1 Å². The van der Waals surface area contributed by atoms with Crippen LogP contribution in [-0.4, -0.2) is 29.6 Å². The van der Waals surface area contributed by atoms with Crippen LogP contribution in [0.3, 0.4) is 0 Å². The molecular formula is C12H14N2O3. The van der Waals surface area contributed by atoms with Gasteiger partial charge in [0, 0.05) is 12.1 Å². The van der Waals surface area contributed by atoms with Gasteiger partial charge in [-0.15, -0.1) is 0 Å². The summed E-state index contributed by atoms with van der Waals surface area (Å²) in [5.41, 5.74) is 5.72. The minimum absolute atomic E-state index is 0.0983. The highest BCUT2D eigenvalue weighted by Crippen LogP contribution is 2.01. The summed E-state index contributed by atoms with van der Waals surface area (Å²) in [5, 5.41) is 11.0. The molecule has 5 nitrogen and oxygen atoms in total. The minimum atomic E-state index is -1.14. The molecule has 0 saturated heterocycles. The fourth-order valence-electron chi connectivity index (χ4n) is 1.11. The molecule has 0 aromatic rings. The number of carboxylic acid groups (broad SMARTS) is 1. The number of hydrogen-bond donors (Lipinski definition) is 3. The summed E-state index contributed by atoms with van der Waals surface area (Å²) in [6.45, 7) is -0.0983. The van der Waals surface area contributed by atoms with Gasteiger partial charge in [-0.1, -0.05) is 30.4 Å². The molecule has 0 aromatic carbocycles. The van der Waals surface area contributed by atoms with Gasteiger partial charge in [0.15, 0.2) is 0 Å². The van der Waals surface area contributed by atoms with Crippen molar-refractivity contribution in [2.24, 2.45) is 5.73 Å². The van der Waals surface area contributed by atoms with Crippen molar-refractivity contribution in [2.45, 2.75) is 6.04 Å². The van der Waals surface area contributed by atoms with Gasteiger partial charge in [-0.2, -0.15) is 0 Å². The van der Waals surface area contributed by atoms with Crippen molar-refractivity contribution in [1.82, 2.24) is 5.32 Å². The molecule has 0 aromatic heterocycles. The summed E-state index contributed by atoms with van der Waals surface area (Å²) >= 11 is 0. The van der Waals surface area contributed by atoms with Crippen LogP contribution < -0.4 is 11.1 Å². The summed E-state index contributed by atoms with van der Waals surface area (Å²) in [6, 6.07) is -1.09. The zero-order valence-corrected chi connectivity index (χ0v) is 9.17. The first kappa shape index (κ1) is 12.9. The van der Waals surface area contributed by atoms with E-state index in [0.29, 0.717) is 5.57 Å². The predicted molar refractivity (Wildman–Crippen MR) is 64.1 cm³/mol. The van der Waals surface area contributed by atoms with E-state index in [1.807, 2.05) is 6.08 Å². The third-order valence-electron chi connectivity index (χ3n) is 2.06. The van der Waals surface area contributed by atoms with Crippen LogP contribution in [0.5, 0.6) is 0 Å². The molecule has 0 fully saturated rings. The number of rotatable bonds is 4. The first-order valence-corrected chi connectivity index (χ1v) is 5.09. The highest BCUT2D eigenvalue weighted by atomic mass is 16.4. The molecule has 0 aliphatic heterocycles. The topological polar surface area (TPSA) is 92.4 Å². The fraction of sp³-hybridized carbons (Fsp3) is 0.167. The largest absolute Gasteiger partial charge is 0.480 e. The Morgan fingerprint density at radius 2 is 1.88 bits per heavy atom. The van der Waals surface area contributed by atoms with E-state index in [9.17, 15) is 9.59 Å². The number of hydrogen-bond acceptors (Lipinski definition) is 3. The predicted octanol–water partition coefficient (Wildman–Crippen LogP) is 0.123. The van der Waals surface area contributed by atoms with E-state index in [0.717, 1.165) is 0 Å². The Bertz CT molecular complexity index is 419. The molecule has 4 N–H and O–H groups in total. The number of nitrogens with one attached hydrogen (secondary N) is 1. The Labute approximate surface area is 99.0 Å². The first-order chi connectivity index (χ1) is 8.11. The molecule has 1 rings (SSSR count). The zero-order chi connectivity index (χ0) is 12.7. The van der Waals surface area contributed by atoms with Gasteiger partial charge in [-0.05, 0) is 12.2 Å². The molecule has 0 saturated carbocycles. The lowest BCUT2D eigenvalue weighted by atomic mass is 10.1. The third-order valence-corrected chi connectivity index (χ3v) is 2.06. The normalized spacial score (nSPS) is 15.7. The molecule has 1 atom stereocenters. The summed E-state index contributed by atoms with van der Waals surface area (Å²) in [4.78, 5) is 22.1. The number of aliphatic carboxylic acids is 1. The SMILES string of the molecule is NC(CNC(=O)C1=CC=CC=CC=C1)C(=O)O. The number of allylic oxidation sites excluding steroid dienone is 6. The van der Waals surface area contributed by atoms with E-state index in [4.69, 9.17) is 10.8 Å². The van der Waals surface area contributed by atoms with Gasteiger partial charge in [0.1, 0.15) is 6.04 Å². The van der Waals surface area contributed by atoms with Gasteiger partial charge in [0.05, 0.1) is 0 Å². The molecule has 5 heteroatoms. The molecule has 1 aliphatic carbocycles. The lowest BCUT2D eigenvalue weighted by Crippen LogP contribution is -2.42. The molecular weight excluding hydrogens is 220 g/mol. The lowest BCUT2D eigenvalue weighted by Gasteiger charge is -2.08. The Morgan fingerprint density at radius 3 is 2.59 bits per heavy atom. The fourth-order valence-corrected chi connectivity index (χ4v) is 1.11. The standard InChI is InChI=1S/C12H14N2O3/c13-10(12(16)17)8-14-11(15)9-6-4-2-1-3-5-7-9/h1-7,10H,8,13H2,(H,14,15)(H,16,17). The zero-order valence-electron chi connectivity index (χ0n) is 9.17. The number of carbonyl (C=O) groups excluding carboxylic acids is 1. The second kappa shape index (κ2) is 6.44. The molecule has 0 radical (unpaired) electrons. The summed E-state index contributed by atoms with van der Waals surface area (Å²) in [7, 11) is 0. The molecule has 17 heavy (non-hydrogen) atoms. The van der Waals surface area contributed by atoms with Gasteiger partial charge < -0.3 is 16.2 Å². The number of carboxylic acids is 1. The first-order valence-electron chi connectivity index (χ1n) is 5.09. The summed E-state index contributed by atoms with van der Waals surface area (Å²) < 4.78 is 0. The third kappa shape index (κ3) is 4.48. The monoisotopic (exact) mass is 234 g/mol. The van der Waals surface area contributed by atoms with E-state index < -0.39 is 12.0 Å². The van der Waals surface area contributed by atoms with E-state index in [2.05, 4.69) is 5.32 Å². The van der Waals surface area contributed by atoms with Crippen LogP contribution in [0.1, 0.15) is 0 Å². The van der Waals surface area contributed by atoms with Crippen molar-refractivity contribution in [1.29, 1.82) is 0 Å². The van der Waals surface area contributed by atoms with Crippen LogP contribution in [0.15, 0.2) is 48.1 Å². The molecule has 0 spiro atoms. The Hall–Kier alpha value is -2.14. The number of amides is 1. The average Bonchev–Trinajstić information content (AvgIpc) is 2.24. The van der Waals surface area contributed by atoms with Gasteiger partial charge in [0.25, 0.3) is 5.91 Å². The van der Waals surface area contributed by atoms with Crippen molar-refractivity contribution in [2.75, 3.05) is 6.54 Å². The Morgan fingerprint density at radius 1 is 1.24 bits per heavy atom. The van der Waals surface area contributed by atoms with E-state index in [-0.39, 0.29) is 12.5 Å². The molecule has 0 heterocycles. The maximum absolute atomic E-state index is 11.7. The highest BCUT2D eigenvalue weighted by Gasteiger charge is 2.13. The summed E-state index contributed by atoms with van der Waals surface area (Å²) in [5.74, 6) is -1.49. The molecule has 1 aliphatic rings. The van der Waals surface area contributed by atoms with Crippen LogP contribution in [0, 0.1) is 0 Å². The Balaban J connectivity index is 2.55. The van der Waals surface area contributed by atoms with Crippen molar-refractivity contribution in [3.63, 3.8) is 0 Å². The molecule has 0 bridgehead atoms. The smallest absolute Gasteiger partial charge is 0.322 e. The van der Waals surface area contributed by atoms with Gasteiger partial charge in [-0.3, -0.25) is 9.59 Å². The van der Waals surface area contributed by atoms with E-state index in [1.54, 1.807) is 36.5 Å². The number of nitrogens with two attached hydrogens (primary N) is 1. The van der Waals surface area contributed by atoms with Gasteiger partial charge >= 0.3 is 5.97 Å². The molecule has 1 unspecified atom stereocenters. The number of carbonyl (C=O) groups is 2. The Kier molecular flexibility index (Phi) is 4.90. The quantitative estimate of drug-likeness (QED) is 0.644. The van der Waals surface area contributed by atoms with Crippen molar-refractivity contribution < 1.29 is 14.7 Å².